The summed E-state index contributed by atoms with van der Waals surface area (Å²) in [6.07, 6.45) is 4.79. The molecule has 6 heteroatoms. The van der Waals surface area contributed by atoms with Gasteiger partial charge in [-0.2, -0.15) is 0 Å². The van der Waals surface area contributed by atoms with E-state index in [1.807, 2.05) is 12.1 Å². The molecule has 0 aliphatic carbocycles. The van der Waals surface area contributed by atoms with Crippen molar-refractivity contribution >= 4 is 16.9 Å². The minimum atomic E-state index is -0.241. The van der Waals surface area contributed by atoms with Gasteiger partial charge in [0.2, 0.25) is 0 Å². The molecule has 1 aliphatic rings. The van der Waals surface area contributed by atoms with Crippen LogP contribution in [0.15, 0.2) is 45.9 Å². The van der Waals surface area contributed by atoms with Crippen LogP contribution < -0.4 is 5.56 Å². The highest BCUT2D eigenvalue weighted by molar-refractivity contribution is 6.08. The maximum absolute atomic E-state index is 13.3. The van der Waals surface area contributed by atoms with Crippen molar-refractivity contribution in [3.8, 4) is 11.1 Å². The molecule has 4 rings (SSSR count). The average Bonchev–Trinajstić information content (AvgIpc) is 3.33. The lowest BCUT2D eigenvalue weighted by molar-refractivity contribution is 0.0678. The van der Waals surface area contributed by atoms with Crippen molar-refractivity contribution in [2.75, 3.05) is 13.2 Å². The maximum atomic E-state index is 13.3. The van der Waals surface area contributed by atoms with Crippen LogP contribution in [-0.2, 0) is 5.41 Å². The molecule has 1 atom stereocenters. The first-order valence-corrected chi connectivity index (χ1v) is 9.97. The summed E-state index contributed by atoms with van der Waals surface area (Å²) in [5.74, 6) is -0.140. The van der Waals surface area contributed by atoms with Crippen molar-refractivity contribution in [1.82, 2.24) is 9.88 Å². The Bertz CT molecular complexity index is 1120. The second-order valence-electron chi connectivity index (χ2n) is 8.69. The lowest BCUT2D eigenvalue weighted by Gasteiger charge is -2.23. The molecule has 3 heterocycles. The Morgan fingerprint density at radius 2 is 2.14 bits per heavy atom. The first-order valence-electron chi connectivity index (χ1n) is 9.97. The van der Waals surface area contributed by atoms with Crippen LogP contribution in [0.5, 0.6) is 0 Å². The summed E-state index contributed by atoms with van der Waals surface area (Å²) in [4.78, 5) is 30.1. The Labute approximate surface area is 169 Å². The van der Waals surface area contributed by atoms with Crippen LogP contribution in [0.2, 0.25) is 0 Å². The Morgan fingerprint density at radius 3 is 2.83 bits per heavy atom. The van der Waals surface area contributed by atoms with Crippen molar-refractivity contribution in [1.29, 1.82) is 0 Å². The summed E-state index contributed by atoms with van der Waals surface area (Å²) >= 11 is 0. The largest absolute Gasteiger partial charge is 0.463 e. The number of nitrogens with zero attached hydrogens (tertiary/aromatic N) is 1. The number of benzene rings is 1. The number of pyridine rings is 1. The topological polar surface area (TPSA) is 86.5 Å². The fraction of sp³-hybridized carbons (Fsp3) is 0.391. The van der Waals surface area contributed by atoms with Gasteiger partial charge in [0.05, 0.1) is 18.2 Å². The smallest absolute Gasteiger partial charge is 0.258 e. The van der Waals surface area contributed by atoms with Crippen LogP contribution in [0, 0.1) is 0 Å². The summed E-state index contributed by atoms with van der Waals surface area (Å²) in [6.45, 7) is 6.81. The predicted octanol–water partition coefficient (Wildman–Crippen LogP) is 3.68. The number of hydrogen-bond acceptors (Lipinski definition) is 4. The number of rotatable bonds is 3. The average molecular weight is 394 g/mol. The molecule has 1 aromatic carbocycles. The molecule has 152 valence electrons. The van der Waals surface area contributed by atoms with Crippen molar-refractivity contribution < 1.29 is 14.3 Å². The Balaban J connectivity index is 1.92. The highest BCUT2D eigenvalue weighted by Gasteiger charge is 2.32. The number of amides is 1. The Morgan fingerprint density at radius 1 is 1.34 bits per heavy atom. The fourth-order valence-electron chi connectivity index (χ4n) is 4.11. The molecule has 1 fully saturated rings. The summed E-state index contributed by atoms with van der Waals surface area (Å²) in [6, 6.07) is 7.23. The number of aliphatic hydroxyl groups is 1. The van der Waals surface area contributed by atoms with Gasteiger partial charge in [0.1, 0.15) is 11.8 Å². The number of aliphatic hydroxyl groups excluding tert-OH is 1. The standard InChI is InChI=1S/C23H26N2O4/c1-23(2,3)19-11-14(16-7-4-8-24-21(16)27)10-17-18(13-29-20(17)19)22(28)25-9-5-6-15(25)12-26/h4,7-8,10-11,13,15,26H,5-6,9,12H2,1-3H3,(H,24,27)/t15-/m0/s1. The number of furan rings is 1. The van der Waals surface area contributed by atoms with Crippen molar-refractivity contribution in [3.05, 3.63) is 58.2 Å². The van der Waals surface area contributed by atoms with Crippen LogP contribution in [0.3, 0.4) is 0 Å². The molecule has 2 aromatic heterocycles. The summed E-state index contributed by atoms with van der Waals surface area (Å²) in [5.41, 5.74) is 2.95. The molecule has 3 aromatic rings. The molecule has 1 aliphatic heterocycles. The normalized spacial score (nSPS) is 17.2. The van der Waals surface area contributed by atoms with Crippen LogP contribution in [0.25, 0.3) is 22.1 Å². The van der Waals surface area contributed by atoms with Crippen LogP contribution in [-0.4, -0.2) is 40.1 Å². The van der Waals surface area contributed by atoms with Crippen molar-refractivity contribution in [3.63, 3.8) is 0 Å². The van der Waals surface area contributed by atoms with Gasteiger partial charge in [-0.1, -0.05) is 20.8 Å². The van der Waals surface area contributed by atoms with E-state index in [1.54, 1.807) is 23.2 Å². The molecule has 2 N–H and O–H groups in total. The van der Waals surface area contributed by atoms with E-state index >= 15 is 0 Å². The summed E-state index contributed by atoms with van der Waals surface area (Å²) in [5, 5.41) is 10.3. The fourth-order valence-corrected chi connectivity index (χ4v) is 4.11. The third-order valence-electron chi connectivity index (χ3n) is 5.69. The molecule has 1 saturated heterocycles. The molecule has 0 saturated carbocycles. The zero-order valence-corrected chi connectivity index (χ0v) is 17.0. The highest BCUT2D eigenvalue weighted by atomic mass is 16.3. The molecule has 1 amide bonds. The van der Waals surface area contributed by atoms with Crippen LogP contribution in [0.4, 0.5) is 0 Å². The summed E-state index contributed by atoms with van der Waals surface area (Å²) < 4.78 is 5.88. The van der Waals surface area contributed by atoms with Gasteiger partial charge in [-0.25, -0.2) is 0 Å². The zero-order chi connectivity index (χ0) is 20.8. The minimum Gasteiger partial charge on any atom is -0.463 e. The zero-order valence-electron chi connectivity index (χ0n) is 17.0. The number of carbonyl (C=O) groups excluding carboxylic acids is 1. The lowest BCUT2D eigenvalue weighted by atomic mass is 9.84. The lowest BCUT2D eigenvalue weighted by Crippen LogP contribution is -2.37. The SMILES string of the molecule is CC(C)(C)c1cc(-c2ccc[nH]c2=O)cc2c(C(=O)N3CCC[C@H]3CO)coc12. The first-order chi connectivity index (χ1) is 13.8. The second-order valence-corrected chi connectivity index (χ2v) is 8.69. The highest BCUT2D eigenvalue weighted by Crippen LogP contribution is 2.37. The number of hydrogen-bond donors (Lipinski definition) is 2. The first kappa shape index (κ1) is 19.5. The monoisotopic (exact) mass is 394 g/mol. The van der Waals surface area contributed by atoms with Gasteiger partial charge in [0, 0.05) is 29.3 Å². The number of likely N-dealkylation sites (tertiary alicyclic amines) is 1. The van der Waals surface area contributed by atoms with Gasteiger partial charge >= 0.3 is 0 Å². The third-order valence-corrected chi connectivity index (χ3v) is 5.69. The number of carbonyl (C=O) groups is 1. The number of aromatic nitrogens is 1. The third kappa shape index (κ3) is 3.38. The maximum Gasteiger partial charge on any atom is 0.258 e. The van der Waals surface area contributed by atoms with Crippen LogP contribution in [0.1, 0.15) is 49.5 Å². The van der Waals surface area contributed by atoms with Gasteiger partial charge in [0.15, 0.2) is 0 Å². The number of aromatic amines is 1. The van der Waals surface area contributed by atoms with E-state index in [0.29, 0.717) is 28.6 Å². The van der Waals surface area contributed by atoms with E-state index in [1.165, 1.54) is 6.26 Å². The molecule has 0 radical (unpaired) electrons. The van der Waals surface area contributed by atoms with Gasteiger partial charge in [0.25, 0.3) is 11.5 Å². The Hall–Kier alpha value is -2.86. The number of fused-ring (bicyclic) bond motifs is 1. The van der Waals surface area contributed by atoms with Crippen molar-refractivity contribution in [2.24, 2.45) is 0 Å². The van der Waals surface area contributed by atoms with Gasteiger partial charge in [-0.05, 0) is 48.1 Å². The van der Waals surface area contributed by atoms with E-state index in [-0.39, 0.29) is 29.5 Å². The van der Waals surface area contributed by atoms with Crippen LogP contribution >= 0.6 is 0 Å². The molecule has 29 heavy (non-hydrogen) atoms. The van der Waals surface area contributed by atoms with Gasteiger partial charge in [-0.15, -0.1) is 0 Å². The van der Waals surface area contributed by atoms with E-state index in [2.05, 4.69) is 25.8 Å². The predicted molar refractivity (Wildman–Crippen MR) is 112 cm³/mol. The minimum absolute atomic E-state index is 0.0423. The van der Waals surface area contributed by atoms with E-state index in [9.17, 15) is 14.7 Å². The molecule has 6 nitrogen and oxygen atoms in total. The quantitative estimate of drug-likeness (QED) is 0.709. The molecular weight excluding hydrogens is 368 g/mol. The second kappa shape index (κ2) is 7.19. The van der Waals surface area contributed by atoms with Gasteiger partial charge < -0.3 is 19.4 Å². The molecule has 0 spiro atoms. The van der Waals surface area contributed by atoms with E-state index in [4.69, 9.17) is 4.42 Å². The van der Waals surface area contributed by atoms with Crippen molar-refractivity contribution in [2.45, 2.75) is 45.1 Å². The molecule has 0 unspecified atom stereocenters. The molecule has 0 bridgehead atoms. The molecular formula is C23H26N2O4. The van der Waals surface area contributed by atoms with E-state index in [0.717, 1.165) is 24.0 Å². The van der Waals surface area contributed by atoms with Gasteiger partial charge in [-0.3, -0.25) is 9.59 Å². The number of nitrogens with one attached hydrogen (secondary N) is 1. The number of H-pyrrole nitrogens is 1. The van der Waals surface area contributed by atoms with E-state index < -0.39 is 0 Å². The summed E-state index contributed by atoms with van der Waals surface area (Å²) in [7, 11) is 0. The Kier molecular flexibility index (Phi) is 4.82.